The highest BCUT2D eigenvalue weighted by Gasteiger charge is 2.33. The first-order valence-corrected chi connectivity index (χ1v) is 15.4. The lowest BCUT2D eigenvalue weighted by molar-refractivity contribution is -0.130. The van der Waals surface area contributed by atoms with Crippen molar-refractivity contribution >= 4 is 66.1 Å². The van der Waals surface area contributed by atoms with Gasteiger partial charge in [-0.1, -0.05) is 86.5 Å². The third-order valence-electron chi connectivity index (χ3n) is 6.97. The molecular weight excluding hydrogens is 653 g/mol. The maximum atomic E-state index is 13.7. The highest BCUT2D eigenvalue weighted by Crippen LogP contribution is 2.36. The SMILES string of the molecule is O=C(CSc1cn(Cc2ccc(Br)cc2)c2ccccc12)N1N=C(c2ccc(Br)cc2)CC1c1ccc(F)cc1. The molecule has 1 atom stereocenters. The van der Waals surface area contributed by atoms with Gasteiger partial charge in [-0.25, -0.2) is 9.40 Å². The number of benzene rings is 4. The number of amides is 1. The number of hydrazone groups is 1. The van der Waals surface area contributed by atoms with Crippen LogP contribution in [0.25, 0.3) is 10.9 Å². The van der Waals surface area contributed by atoms with Crippen LogP contribution in [0.1, 0.15) is 29.2 Å². The molecule has 0 spiro atoms. The predicted octanol–water partition coefficient (Wildman–Crippen LogP) is 8.82. The second kappa shape index (κ2) is 11.7. The van der Waals surface area contributed by atoms with Gasteiger partial charge in [-0.15, -0.1) is 11.8 Å². The molecule has 1 unspecified atom stereocenters. The molecule has 5 aromatic rings. The van der Waals surface area contributed by atoms with E-state index < -0.39 is 0 Å². The predicted molar refractivity (Wildman–Crippen MR) is 167 cm³/mol. The molecule has 0 radical (unpaired) electrons. The number of rotatable bonds is 7. The van der Waals surface area contributed by atoms with Gasteiger partial charge >= 0.3 is 0 Å². The van der Waals surface area contributed by atoms with Crippen molar-refractivity contribution in [2.45, 2.75) is 23.9 Å². The van der Waals surface area contributed by atoms with Gasteiger partial charge < -0.3 is 4.57 Å². The van der Waals surface area contributed by atoms with Crippen LogP contribution in [0, 0.1) is 5.82 Å². The average molecular weight is 677 g/mol. The number of para-hydroxylation sites is 1. The van der Waals surface area contributed by atoms with Gasteiger partial charge in [0.25, 0.3) is 5.91 Å². The number of hydrogen-bond acceptors (Lipinski definition) is 3. The lowest BCUT2D eigenvalue weighted by Gasteiger charge is -2.22. The second-order valence-corrected chi connectivity index (χ2v) is 12.5. The molecule has 40 heavy (non-hydrogen) atoms. The van der Waals surface area contributed by atoms with Crippen molar-refractivity contribution in [2.75, 3.05) is 5.75 Å². The molecular formula is C32H24Br2FN3OS. The third kappa shape index (κ3) is 5.80. The van der Waals surface area contributed by atoms with E-state index in [1.807, 2.05) is 48.5 Å². The molecule has 0 saturated heterocycles. The van der Waals surface area contributed by atoms with Crippen molar-refractivity contribution in [3.8, 4) is 0 Å². The Morgan fingerprint density at radius 2 is 1.57 bits per heavy atom. The minimum Gasteiger partial charge on any atom is -0.342 e. The van der Waals surface area contributed by atoms with Gasteiger partial charge in [-0.05, 0) is 59.2 Å². The Morgan fingerprint density at radius 1 is 0.900 bits per heavy atom. The highest BCUT2D eigenvalue weighted by molar-refractivity contribution is 9.10. The van der Waals surface area contributed by atoms with Gasteiger partial charge in [0.15, 0.2) is 0 Å². The molecule has 1 amide bonds. The van der Waals surface area contributed by atoms with Crippen LogP contribution in [0.2, 0.25) is 0 Å². The van der Waals surface area contributed by atoms with E-state index in [0.29, 0.717) is 6.42 Å². The number of halogens is 3. The molecule has 1 aliphatic rings. The Morgan fingerprint density at radius 3 is 2.30 bits per heavy atom. The van der Waals surface area contributed by atoms with Crippen molar-refractivity contribution in [1.29, 1.82) is 0 Å². The van der Waals surface area contributed by atoms with Crippen molar-refractivity contribution in [1.82, 2.24) is 9.58 Å². The maximum absolute atomic E-state index is 13.7. The minimum atomic E-state index is -0.302. The summed E-state index contributed by atoms with van der Waals surface area (Å²) in [5.41, 5.74) is 4.99. The van der Waals surface area contributed by atoms with Gasteiger partial charge in [-0.2, -0.15) is 5.10 Å². The van der Waals surface area contributed by atoms with E-state index in [9.17, 15) is 9.18 Å². The molecule has 200 valence electrons. The Balaban J connectivity index is 1.25. The summed E-state index contributed by atoms with van der Waals surface area (Å²) in [4.78, 5) is 14.7. The topological polar surface area (TPSA) is 37.6 Å². The number of thioether (sulfide) groups is 1. The molecule has 0 bridgehead atoms. The normalized spacial score (nSPS) is 15.0. The van der Waals surface area contributed by atoms with Crippen molar-refractivity contribution < 1.29 is 9.18 Å². The number of nitrogens with zero attached hydrogens (tertiary/aromatic N) is 3. The van der Waals surface area contributed by atoms with Crippen molar-refractivity contribution in [2.24, 2.45) is 5.10 Å². The Kier molecular flexibility index (Phi) is 7.91. The fourth-order valence-electron chi connectivity index (χ4n) is 4.95. The van der Waals surface area contributed by atoms with Gasteiger partial charge in [0.1, 0.15) is 5.82 Å². The van der Waals surface area contributed by atoms with Gasteiger partial charge in [-0.3, -0.25) is 4.79 Å². The van der Waals surface area contributed by atoms with E-state index in [-0.39, 0.29) is 23.5 Å². The lowest BCUT2D eigenvalue weighted by atomic mass is 9.98. The largest absolute Gasteiger partial charge is 0.342 e. The fraction of sp³-hybridized carbons (Fsp3) is 0.125. The van der Waals surface area contributed by atoms with E-state index in [2.05, 4.69) is 66.9 Å². The number of fused-ring (bicyclic) bond motifs is 1. The molecule has 4 aromatic carbocycles. The molecule has 1 aromatic heterocycles. The summed E-state index contributed by atoms with van der Waals surface area (Å²) >= 11 is 8.51. The van der Waals surface area contributed by atoms with Crippen LogP contribution in [-0.2, 0) is 11.3 Å². The van der Waals surface area contributed by atoms with Crippen LogP contribution < -0.4 is 0 Å². The van der Waals surface area contributed by atoms with Gasteiger partial charge in [0.05, 0.1) is 17.5 Å². The van der Waals surface area contributed by atoms with Crippen LogP contribution >= 0.6 is 43.6 Å². The number of carbonyl (C=O) groups is 1. The third-order valence-corrected chi connectivity index (χ3v) is 9.05. The van der Waals surface area contributed by atoms with Crippen LogP contribution in [0.5, 0.6) is 0 Å². The fourth-order valence-corrected chi connectivity index (χ4v) is 6.42. The zero-order valence-corrected chi connectivity index (χ0v) is 25.3. The van der Waals surface area contributed by atoms with E-state index in [4.69, 9.17) is 5.10 Å². The lowest BCUT2D eigenvalue weighted by Crippen LogP contribution is -2.28. The van der Waals surface area contributed by atoms with Crippen LogP contribution in [0.3, 0.4) is 0 Å². The Hall–Kier alpha value is -3.20. The number of carbonyl (C=O) groups excluding carboxylic acids is 1. The molecule has 8 heteroatoms. The molecule has 2 heterocycles. The Bertz CT molecular complexity index is 1700. The van der Waals surface area contributed by atoms with Crippen molar-refractivity contribution in [3.05, 3.63) is 135 Å². The summed E-state index contributed by atoms with van der Waals surface area (Å²) in [7, 11) is 0. The zero-order chi connectivity index (χ0) is 27.6. The number of hydrogen-bond donors (Lipinski definition) is 0. The molecule has 1 aliphatic heterocycles. The quantitative estimate of drug-likeness (QED) is 0.162. The van der Waals surface area contributed by atoms with E-state index in [0.717, 1.165) is 48.1 Å². The monoisotopic (exact) mass is 675 g/mol. The Labute approximate surface area is 253 Å². The standard InChI is InChI=1S/C32H24Br2FN3OS/c33-24-11-5-21(6-12-24)18-37-19-31(27-3-1-2-4-29(27)37)40-20-32(39)38-30(23-9-15-26(35)16-10-23)17-28(36-38)22-7-13-25(34)14-8-22/h1-16,19,30H,17-18,20H2. The molecule has 4 nitrogen and oxygen atoms in total. The summed E-state index contributed by atoms with van der Waals surface area (Å²) in [5, 5.41) is 7.48. The summed E-state index contributed by atoms with van der Waals surface area (Å²) in [6, 6.07) is 30.6. The minimum absolute atomic E-state index is 0.0869. The van der Waals surface area contributed by atoms with Crippen LogP contribution in [0.15, 0.2) is 122 Å². The summed E-state index contributed by atoms with van der Waals surface area (Å²) < 4.78 is 17.9. The summed E-state index contributed by atoms with van der Waals surface area (Å²) in [6.45, 7) is 0.738. The summed E-state index contributed by atoms with van der Waals surface area (Å²) in [5.74, 6) is -0.152. The average Bonchev–Trinajstić information content (AvgIpc) is 3.56. The van der Waals surface area contributed by atoms with Crippen molar-refractivity contribution in [3.63, 3.8) is 0 Å². The molecule has 0 N–H and O–H groups in total. The molecule has 0 fully saturated rings. The zero-order valence-electron chi connectivity index (χ0n) is 21.3. The van der Waals surface area contributed by atoms with Gasteiger partial charge in [0.2, 0.25) is 0 Å². The van der Waals surface area contributed by atoms with Crippen LogP contribution in [0.4, 0.5) is 4.39 Å². The number of aromatic nitrogens is 1. The van der Waals surface area contributed by atoms with Crippen LogP contribution in [-0.4, -0.2) is 26.9 Å². The first kappa shape index (κ1) is 27.0. The van der Waals surface area contributed by atoms with E-state index in [1.54, 1.807) is 17.1 Å². The van der Waals surface area contributed by atoms with E-state index >= 15 is 0 Å². The second-order valence-electron chi connectivity index (χ2n) is 9.62. The van der Waals surface area contributed by atoms with E-state index in [1.165, 1.54) is 29.5 Å². The molecule has 0 aliphatic carbocycles. The molecule has 6 rings (SSSR count). The first-order chi connectivity index (χ1) is 19.4. The maximum Gasteiger partial charge on any atom is 0.253 e. The summed E-state index contributed by atoms with van der Waals surface area (Å²) in [6.07, 6.45) is 2.69. The first-order valence-electron chi connectivity index (χ1n) is 12.8. The smallest absolute Gasteiger partial charge is 0.253 e. The van der Waals surface area contributed by atoms with Gasteiger partial charge in [0, 0.05) is 43.9 Å². The molecule has 0 saturated carbocycles. The highest BCUT2D eigenvalue weighted by atomic mass is 79.9.